The van der Waals surface area contributed by atoms with Gasteiger partial charge in [-0.3, -0.25) is 0 Å². The van der Waals surface area contributed by atoms with Gasteiger partial charge in [0, 0.05) is 0 Å². The molecule has 0 N–H and O–H groups in total. The second-order valence-electron chi connectivity index (χ2n) is 4.07. The summed E-state index contributed by atoms with van der Waals surface area (Å²) in [6.07, 6.45) is 0. The van der Waals surface area contributed by atoms with Crippen molar-refractivity contribution in [3.05, 3.63) is 60.7 Å². The van der Waals surface area contributed by atoms with Crippen molar-refractivity contribution in [3.63, 3.8) is 0 Å². The molecule has 0 aromatic heterocycles. The van der Waals surface area contributed by atoms with E-state index in [1.54, 1.807) is 0 Å². The van der Waals surface area contributed by atoms with Gasteiger partial charge in [-0.05, 0) is 32.3 Å². The summed E-state index contributed by atoms with van der Waals surface area (Å²) in [6.45, 7) is 4.00. The maximum absolute atomic E-state index is 2.12. The molecular formula is C17H25N. The predicted molar refractivity (Wildman–Crippen MR) is 82.8 cm³/mol. The Hall–Kier alpha value is -1.60. The van der Waals surface area contributed by atoms with Crippen LogP contribution in [0.3, 0.4) is 0 Å². The van der Waals surface area contributed by atoms with E-state index in [2.05, 4.69) is 48.5 Å². The van der Waals surface area contributed by atoms with Crippen molar-refractivity contribution >= 4 is 0 Å². The van der Waals surface area contributed by atoms with Gasteiger partial charge in [0.2, 0.25) is 0 Å². The molecule has 0 bridgehead atoms. The Kier molecular flexibility index (Phi) is 9.61. The second-order valence-corrected chi connectivity index (χ2v) is 4.07. The summed E-state index contributed by atoms with van der Waals surface area (Å²) >= 11 is 0. The summed E-state index contributed by atoms with van der Waals surface area (Å²) in [5.74, 6) is 0. The molecule has 2 aromatic carbocycles. The average Bonchev–Trinajstić information content (AvgIpc) is 2.42. The lowest BCUT2D eigenvalue weighted by Gasteiger charge is -1.98. The third kappa shape index (κ3) is 7.64. The van der Waals surface area contributed by atoms with E-state index in [0.29, 0.717) is 0 Å². The molecule has 0 atom stereocenters. The van der Waals surface area contributed by atoms with Crippen molar-refractivity contribution in [1.29, 1.82) is 0 Å². The minimum Gasteiger partial charge on any atom is -0.312 e. The first-order chi connectivity index (χ1) is 8.70. The summed E-state index contributed by atoms with van der Waals surface area (Å²) in [5.41, 5.74) is 2.55. The van der Waals surface area contributed by atoms with Crippen LogP contribution in [0, 0.1) is 0 Å². The zero-order valence-electron chi connectivity index (χ0n) is 12.2. The second kappa shape index (κ2) is 10.5. The molecule has 0 spiro atoms. The molecular weight excluding hydrogens is 218 g/mol. The van der Waals surface area contributed by atoms with Crippen LogP contribution < -0.4 is 0 Å². The topological polar surface area (TPSA) is 3.24 Å². The highest BCUT2D eigenvalue weighted by Gasteiger charge is 1.91. The van der Waals surface area contributed by atoms with Crippen LogP contribution in [0.2, 0.25) is 0 Å². The van der Waals surface area contributed by atoms with Crippen molar-refractivity contribution in [2.75, 3.05) is 21.1 Å². The van der Waals surface area contributed by atoms with E-state index in [1.807, 2.05) is 52.0 Å². The van der Waals surface area contributed by atoms with E-state index in [9.17, 15) is 0 Å². The molecule has 0 saturated carbocycles. The van der Waals surface area contributed by atoms with Crippen LogP contribution in [0.5, 0.6) is 0 Å². The van der Waals surface area contributed by atoms with Gasteiger partial charge in [-0.25, -0.2) is 0 Å². The molecule has 0 amide bonds. The lowest BCUT2D eigenvalue weighted by molar-refractivity contribution is 0.505. The molecule has 0 aliphatic heterocycles. The Morgan fingerprint density at radius 2 is 0.778 bits per heavy atom. The summed E-state index contributed by atoms with van der Waals surface area (Å²) in [7, 11) is 6.00. The summed E-state index contributed by atoms with van der Waals surface area (Å²) < 4.78 is 0. The van der Waals surface area contributed by atoms with E-state index < -0.39 is 0 Å². The monoisotopic (exact) mass is 243 g/mol. The minimum atomic E-state index is 1.28. The van der Waals surface area contributed by atoms with E-state index in [-0.39, 0.29) is 0 Å². The van der Waals surface area contributed by atoms with E-state index in [4.69, 9.17) is 0 Å². The fraction of sp³-hybridized carbons (Fsp3) is 0.294. The largest absolute Gasteiger partial charge is 0.312 e. The van der Waals surface area contributed by atoms with Crippen LogP contribution >= 0.6 is 0 Å². The third-order valence-electron chi connectivity index (χ3n) is 1.88. The van der Waals surface area contributed by atoms with Crippen molar-refractivity contribution in [3.8, 4) is 11.1 Å². The Labute approximate surface area is 112 Å². The molecule has 0 saturated heterocycles. The minimum absolute atomic E-state index is 1.28. The highest BCUT2D eigenvalue weighted by molar-refractivity contribution is 5.62. The standard InChI is InChI=1S/C12H10.C3H9N.C2H6/c1-3-7-11(8-4-1)12-9-5-2-6-10-12;1-4(2)3;1-2/h1-10H;1-3H3;1-2H3. The van der Waals surface area contributed by atoms with Gasteiger partial charge in [-0.15, -0.1) is 0 Å². The lowest BCUT2D eigenvalue weighted by Crippen LogP contribution is -1.99. The molecule has 0 heterocycles. The normalized spacial score (nSPS) is 8.78. The molecule has 18 heavy (non-hydrogen) atoms. The predicted octanol–water partition coefficient (Wildman–Crippen LogP) is 4.56. The van der Waals surface area contributed by atoms with Crippen LogP contribution in [-0.2, 0) is 0 Å². The first-order valence-electron chi connectivity index (χ1n) is 6.41. The number of benzene rings is 2. The van der Waals surface area contributed by atoms with Gasteiger partial charge in [-0.1, -0.05) is 74.5 Å². The van der Waals surface area contributed by atoms with Gasteiger partial charge in [0.15, 0.2) is 0 Å². The smallest absolute Gasteiger partial charge is 0.0140 e. The van der Waals surface area contributed by atoms with Gasteiger partial charge < -0.3 is 4.90 Å². The number of hydrogen-bond donors (Lipinski definition) is 0. The highest BCUT2D eigenvalue weighted by atomic mass is 15.0. The Balaban J connectivity index is 0.000000415. The SMILES string of the molecule is CC.CN(C)C.c1ccc(-c2ccccc2)cc1. The first-order valence-corrected chi connectivity index (χ1v) is 6.41. The van der Waals surface area contributed by atoms with Crippen LogP contribution in [0.1, 0.15) is 13.8 Å². The lowest BCUT2D eigenvalue weighted by atomic mass is 10.1. The highest BCUT2D eigenvalue weighted by Crippen LogP contribution is 2.17. The maximum Gasteiger partial charge on any atom is -0.0140 e. The van der Waals surface area contributed by atoms with Crippen LogP contribution in [0.25, 0.3) is 11.1 Å². The first kappa shape index (κ1) is 16.4. The molecule has 1 heteroatoms. The van der Waals surface area contributed by atoms with Crippen LogP contribution in [-0.4, -0.2) is 26.0 Å². The summed E-state index contributed by atoms with van der Waals surface area (Å²) in [5, 5.41) is 0. The zero-order chi connectivity index (χ0) is 13.8. The van der Waals surface area contributed by atoms with Gasteiger partial charge in [0.1, 0.15) is 0 Å². The van der Waals surface area contributed by atoms with Gasteiger partial charge in [0.25, 0.3) is 0 Å². The third-order valence-corrected chi connectivity index (χ3v) is 1.88. The zero-order valence-corrected chi connectivity index (χ0v) is 12.2. The fourth-order valence-corrected chi connectivity index (χ4v) is 1.26. The Morgan fingerprint density at radius 3 is 1.00 bits per heavy atom. The number of nitrogens with zero attached hydrogens (tertiary/aromatic N) is 1. The molecule has 2 rings (SSSR count). The molecule has 98 valence electrons. The number of hydrogen-bond acceptors (Lipinski definition) is 1. The van der Waals surface area contributed by atoms with E-state index in [0.717, 1.165) is 0 Å². The molecule has 0 unspecified atom stereocenters. The molecule has 0 radical (unpaired) electrons. The van der Waals surface area contributed by atoms with E-state index >= 15 is 0 Å². The van der Waals surface area contributed by atoms with Crippen molar-refractivity contribution in [2.24, 2.45) is 0 Å². The van der Waals surface area contributed by atoms with Crippen molar-refractivity contribution < 1.29 is 0 Å². The maximum atomic E-state index is 2.12. The average molecular weight is 243 g/mol. The molecule has 2 aromatic rings. The van der Waals surface area contributed by atoms with E-state index in [1.165, 1.54) is 11.1 Å². The summed E-state index contributed by atoms with van der Waals surface area (Å²) in [4.78, 5) is 2.00. The molecule has 1 nitrogen and oxygen atoms in total. The van der Waals surface area contributed by atoms with Crippen LogP contribution in [0.4, 0.5) is 0 Å². The van der Waals surface area contributed by atoms with Crippen molar-refractivity contribution in [2.45, 2.75) is 13.8 Å². The molecule has 0 fully saturated rings. The Morgan fingerprint density at radius 1 is 0.556 bits per heavy atom. The quantitative estimate of drug-likeness (QED) is 0.710. The van der Waals surface area contributed by atoms with Crippen LogP contribution in [0.15, 0.2) is 60.7 Å². The summed E-state index contributed by atoms with van der Waals surface area (Å²) in [6, 6.07) is 20.8. The van der Waals surface area contributed by atoms with Gasteiger partial charge >= 0.3 is 0 Å². The van der Waals surface area contributed by atoms with Crippen molar-refractivity contribution in [1.82, 2.24) is 4.90 Å². The number of rotatable bonds is 1. The van der Waals surface area contributed by atoms with Gasteiger partial charge in [-0.2, -0.15) is 0 Å². The Bertz CT molecular complexity index is 339. The van der Waals surface area contributed by atoms with Gasteiger partial charge in [0.05, 0.1) is 0 Å². The fourth-order valence-electron chi connectivity index (χ4n) is 1.26. The molecule has 0 aliphatic carbocycles. The molecule has 0 aliphatic rings.